The molecular formula is C2H6BrP. The molecule has 0 aromatic carbocycles. The molecule has 0 aromatic heterocycles. The molecule has 0 aliphatic carbocycles. The highest BCUT2D eigenvalue weighted by Crippen LogP contribution is 2.16. The van der Waals surface area contributed by atoms with Crippen molar-refractivity contribution in [2.45, 2.75) is 6.92 Å². The lowest BCUT2D eigenvalue weighted by Gasteiger charge is -1.66. The minimum Gasteiger partial charge on any atom is -0.0642 e. The number of halogens is 1. The van der Waals surface area contributed by atoms with E-state index in [9.17, 15) is 0 Å². The Balaban J connectivity index is 1.97. The van der Waals surface area contributed by atoms with Crippen LogP contribution < -0.4 is 0 Å². The summed E-state index contributed by atoms with van der Waals surface area (Å²) in [5.41, 5.74) is 0. The molecule has 0 saturated carbocycles. The van der Waals surface area contributed by atoms with Crippen molar-refractivity contribution in [3.05, 3.63) is 0 Å². The van der Waals surface area contributed by atoms with Gasteiger partial charge in [0.2, 0.25) is 0 Å². The van der Waals surface area contributed by atoms with Crippen LogP contribution in [0.25, 0.3) is 0 Å². The second-order valence-corrected chi connectivity index (χ2v) is 3.14. The smallest absolute Gasteiger partial charge is 0.0283 e. The van der Waals surface area contributed by atoms with Gasteiger partial charge in [0.25, 0.3) is 0 Å². The van der Waals surface area contributed by atoms with Gasteiger partial charge in [-0.3, -0.25) is 0 Å². The Bertz CT molecular complexity index is 8.00. The molecule has 0 bridgehead atoms. The fourth-order valence-corrected chi connectivity index (χ4v) is 0. The quantitative estimate of drug-likeness (QED) is 0.489. The van der Waals surface area contributed by atoms with Gasteiger partial charge in [-0.05, 0) is 6.16 Å². The predicted octanol–water partition coefficient (Wildman–Crippen LogP) is 1.99. The second-order valence-electron chi connectivity index (χ2n) is 0.487. The van der Waals surface area contributed by atoms with Gasteiger partial charge in [-0.25, -0.2) is 0 Å². The van der Waals surface area contributed by atoms with Crippen molar-refractivity contribution in [2.24, 2.45) is 0 Å². The molecule has 0 aromatic rings. The third kappa shape index (κ3) is 2.91. The van der Waals surface area contributed by atoms with Crippen LogP contribution in [0.15, 0.2) is 0 Å². The summed E-state index contributed by atoms with van der Waals surface area (Å²) < 4.78 is 0. The summed E-state index contributed by atoms with van der Waals surface area (Å²) in [6.07, 6.45) is 1.26. The van der Waals surface area contributed by atoms with E-state index in [1.807, 2.05) is 0 Å². The Morgan fingerprint density at radius 3 is 2.25 bits per heavy atom. The zero-order chi connectivity index (χ0) is 3.41. The van der Waals surface area contributed by atoms with Crippen LogP contribution >= 0.6 is 22.8 Å². The van der Waals surface area contributed by atoms with Crippen LogP contribution in [-0.4, -0.2) is 6.16 Å². The standard InChI is InChI=1S/C2H6BrP/c1-2-4-3/h4H,2H2,1H3. The van der Waals surface area contributed by atoms with E-state index in [0.29, 0.717) is 0 Å². The lowest BCUT2D eigenvalue weighted by atomic mass is 11.0. The molecule has 0 heterocycles. The fourth-order valence-electron chi connectivity index (χ4n) is 0. The number of rotatable bonds is 1. The van der Waals surface area contributed by atoms with Crippen molar-refractivity contribution >= 4 is 22.8 Å². The molecule has 0 rings (SSSR count). The molecule has 0 fully saturated rings. The highest BCUT2D eigenvalue weighted by atomic mass is 79.9. The van der Waals surface area contributed by atoms with Gasteiger partial charge in [-0.2, -0.15) is 0 Å². The lowest BCUT2D eigenvalue weighted by Crippen LogP contribution is -1.40. The van der Waals surface area contributed by atoms with E-state index in [0.717, 1.165) is 7.28 Å². The lowest BCUT2D eigenvalue weighted by molar-refractivity contribution is 1.53. The Kier molecular flexibility index (Phi) is 4.80. The average molecular weight is 141 g/mol. The van der Waals surface area contributed by atoms with Gasteiger partial charge in [0, 0.05) is 0 Å². The van der Waals surface area contributed by atoms with Gasteiger partial charge in [0.15, 0.2) is 0 Å². The van der Waals surface area contributed by atoms with Crippen LogP contribution in [0.5, 0.6) is 0 Å². The first-order chi connectivity index (χ1) is 1.91. The summed E-state index contributed by atoms with van der Waals surface area (Å²) in [7, 11) is 0.953. The third-order valence-corrected chi connectivity index (χ3v) is 2.08. The third-order valence-electron chi connectivity index (χ3n) is 0.134. The molecule has 0 radical (unpaired) electrons. The predicted molar refractivity (Wildman–Crippen MR) is 27.8 cm³/mol. The minimum atomic E-state index is 0.953. The van der Waals surface area contributed by atoms with Crippen molar-refractivity contribution in [3.63, 3.8) is 0 Å². The molecule has 1 unspecified atom stereocenters. The maximum Gasteiger partial charge on any atom is -0.0283 e. The minimum absolute atomic E-state index is 0.953. The summed E-state index contributed by atoms with van der Waals surface area (Å²) in [6.45, 7) is 2.15. The van der Waals surface area contributed by atoms with Gasteiger partial charge in [-0.15, -0.1) is 0 Å². The fraction of sp³-hybridized carbons (Fsp3) is 1.00. The Morgan fingerprint density at radius 2 is 2.25 bits per heavy atom. The van der Waals surface area contributed by atoms with Crippen molar-refractivity contribution in [1.82, 2.24) is 0 Å². The molecule has 2 heteroatoms. The first kappa shape index (κ1) is 4.91. The molecule has 4 heavy (non-hydrogen) atoms. The van der Waals surface area contributed by atoms with Gasteiger partial charge in [-0.1, -0.05) is 29.7 Å². The zero-order valence-electron chi connectivity index (χ0n) is 2.59. The zero-order valence-corrected chi connectivity index (χ0v) is 5.17. The first-order valence-electron chi connectivity index (χ1n) is 1.25. The summed E-state index contributed by atoms with van der Waals surface area (Å²) in [5, 5.41) is 0. The monoisotopic (exact) mass is 140 g/mol. The number of hydrogen-bond acceptors (Lipinski definition) is 0. The normalized spacial score (nSPS) is 10.5. The van der Waals surface area contributed by atoms with Crippen molar-refractivity contribution in [2.75, 3.05) is 6.16 Å². The van der Waals surface area contributed by atoms with Gasteiger partial charge >= 0.3 is 0 Å². The average Bonchev–Trinajstić information content (AvgIpc) is 1.37. The SMILES string of the molecule is CCPBr. The molecule has 0 nitrogen and oxygen atoms in total. The van der Waals surface area contributed by atoms with Crippen molar-refractivity contribution in [1.29, 1.82) is 0 Å². The molecule has 26 valence electrons. The van der Waals surface area contributed by atoms with E-state index in [1.165, 1.54) is 6.16 Å². The van der Waals surface area contributed by atoms with Gasteiger partial charge in [0.1, 0.15) is 0 Å². The van der Waals surface area contributed by atoms with Crippen LogP contribution in [-0.2, 0) is 0 Å². The van der Waals surface area contributed by atoms with E-state index >= 15 is 0 Å². The first-order valence-corrected chi connectivity index (χ1v) is 4.71. The Labute approximate surface area is 36.5 Å². The van der Waals surface area contributed by atoms with E-state index < -0.39 is 0 Å². The van der Waals surface area contributed by atoms with Crippen molar-refractivity contribution in [3.8, 4) is 0 Å². The summed E-state index contributed by atoms with van der Waals surface area (Å²) in [4.78, 5) is 0. The van der Waals surface area contributed by atoms with Gasteiger partial charge in [0.05, 0.1) is 0 Å². The topological polar surface area (TPSA) is 0 Å². The summed E-state index contributed by atoms with van der Waals surface area (Å²) >= 11 is 3.28. The highest BCUT2D eigenvalue weighted by molar-refractivity contribution is 9.36. The molecule has 1 atom stereocenters. The van der Waals surface area contributed by atoms with Crippen LogP contribution in [0, 0.1) is 0 Å². The maximum atomic E-state index is 3.28. The van der Waals surface area contributed by atoms with Crippen molar-refractivity contribution < 1.29 is 0 Å². The molecule has 0 N–H and O–H groups in total. The Hall–Kier alpha value is 0.910. The maximum absolute atomic E-state index is 3.28. The van der Waals surface area contributed by atoms with Crippen LogP contribution in [0.2, 0.25) is 0 Å². The van der Waals surface area contributed by atoms with Gasteiger partial charge < -0.3 is 0 Å². The van der Waals surface area contributed by atoms with Crippen LogP contribution in [0.1, 0.15) is 6.92 Å². The largest absolute Gasteiger partial charge is 0.0642 e. The molecule has 0 aliphatic heterocycles. The highest BCUT2D eigenvalue weighted by Gasteiger charge is 1.57. The number of hydrogen-bond donors (Lipinski definition) is 0. The molecule has 0 spiro atoms. The Morgan fingerprint density at radius 1 is 2.00 bits per heavy atom. The summed E-state index contributed by atoms with van der Waals surface area (Å²) in [5.74, 6) is 0. The van der Waals surface area contributed by atoms with Crippen LogP contribution in [0.3, 0.4) is 0 Å². The van der Waals surface area contributed by atoms with Crippen LogP contribution in [0.4, 0.5) is 0 Å². The molecule has 0 amide bonds. The van der Waals surface area contributed by atoms with E-state index in [4.69, 9.17) is 0 Å². The molecule has 0 saturated heterocycles. The molecular weight excluding hydrogens is 135 g/mol. The second kappa shape index (κ2) is 3.91. The molecule has 0 aliphatic rings. The van der Waals surface area contributed by atoms with E-state index in [-0.39, 0.29) is 0 Å². The van der Waals surface area contributed by atoms with E-state index in [1.54, 1.807) is 0 Å². The van der Waals surface area contributed by atoms with E-state index in [2.05, 4.69) is 22.4 Å². The summed E-state index contributed by atoms with van der Waals surface area (Å²) in [6, 6.07) is 0.